The predicted octanol–water partition coefficient (Wildman–Crippen LogP) is 3.58. The highest BCUT2D eigenvalue weighted by atomic mass is 19.1. The fourth-order valence-electron chi connectivity index (χ4n) is 2.47. The molecule has 2 atom stereocenters. The van der Waals surface area contributed by atoms with Crippen molar-refractivity contribution in [1.29, 1.82) is 0 Å². The summed E-state index contributed by atoms with van der Waals surface area (Å²) in [5.74, 6) is 0.679. The summed E-state index contributed by atoms with van der Waals surface area (Å²) in [6.45, 7) is 0. The van der Waals surface area contributed by atoms with E-state index in [0.717, 1.165) is 23.4 Å². The first-order valence-electron chi connectivity index (χ1n) is 6.88. The summed E-state index contributed by atoms with van der Waals surface area (Å²) in [7, 11) is 1.60. The number of halogens is 1. The van der Waals surface area contributed by atoms with Crippen LogP contribution < -0.4 is 10.1 Å². The maximum absolute atomic E-state index is 12.9. The van der Waals surface area contributed by atoms with Crippen LogP contribution in [0.15, 0.2) is 48.5 Å². The zero-order valence-corrected chi connectivity index (χ0v) is 11.7. The van der Waals surface area contributed by atoms with Gasteiger partial charge in [-0.2, -0.15) is 0 Å². The van der Waals surface area contributed by atoms with E-state index in [1.54, 1.807) is 31.4 Å². The van der Waals surface area contributed by atoms with Crippen molar-refractivity contribution >= 4 is 11.6 Å². The second-order valence-electron chi connectivity index (χ2n) is 5.22. The van der Waals surface area contributed by atoms with Gasteiger partial charge in [0.25, 0.3) is 0 Å². The molecule has 1 aliphatic carbocycles. The Morgan fingerprint density at radius 1 is 1.14 bits per heavy atom. The monoisotopic (exact) mass is 285 g/mol. The van der Waals surface area contributed by atoms with Crippen molar-refractivity contribution in [3.63, 3.8) is 0 Å². The maximum Gasteiger partial charge on any atom is 0.228 e. The number of anilines is 1. The number of methoxy groups -OCH3 is 1. The molecule has 3 rings (SSSR count). The average molecular weight is 285 g/mol. The molecule has 3 nitrogen and oxygen atoms in total. The van der Waals surface area contributed by atoms with Gasteiger partial charge in [0.2, 0.25) is 5.91 Å². The lowest BCUT2D eigenvalue weighted by atomic mass is 10.1. The third kappa shape index (κ3) is 3.05. The SMILES string of the molecule is COc1ccc(NC(=O)C2CC2c2ccc(F)cc2)cc1. The Hall–Kier alpha value is -2.36. The van der Waals surface area contributed by atoms with E-state index in [9.17, 15) is 9.18 Å². The van der Waals surface area contributed by atoms with Crippen molar-refractivity contribution in [2.45, 2.75) is 12.3 Å². The number of hydrogen-bond acceptors (Lipinski definition) is 2. The molecule has 0 heterocycles. The molecule has 2 aromatic carbocycles. The minimum absolute atomic E-state index is 0.00879. The van der Waals surface area contributed by atoms with Gasteiger partial charge in [-0.3, -0.25) is 4.79 Å². The summed E-state index contributed by atoms with van der Waals surface area (Å²) in [6.07, 6.45) is 0.813. The highest BCUT2D eigenvalue weighted by molar-refractivity contribution is 5.95. The lowest BCUT2D eigenvalue weighted by molar-refractivity contribution is -0.117. The standard InChI is InChI=1S/C17H16FNO2/c1-21-14-8-6-13(7-9-14)19-17(20)16-10-15(16)11-2-4-12(18)5-3-11/h2-9,15-16H,10H2,1H3,(H,19,20). The zero-order valence-electron chi connectivity index (χ0n) is 11.7. The van der Waals surface area contributed by atoms with Gasteiger partial charge in [0.1, 0.15) is 11.6 Å². The number of benzene rings is 2. The van der Waals surface area contributed by atoms with Gasteiger partial charge in [0.15, 0.2) is 0 Å². The Balaban J connectivity index is 1.60. The molecule has 2 unspecified atom stereocenters. The van der Waals surface area contributed by atoms with Crippen molar-refractivity contribution in [1.82, 2.24) is 0 Å². The van der Waals surface area contributed by atoms with Crippen LogP contribution in [0, 0.1) is 11.7 Å². The lowest BCUT2D eigenvalue weighted by Crippen LogP contribution is -2.14. The summed E-state index contributed by atoms with van der Waals surface area (Å²) in [4.78, 5) is 12.2. The van der Waals surface area contributed by atoms with Gasteiger partial charge in [-0.1, -0.05) is 12.1 Å². The van der Waals surface area contributed by atoms with Crippen LogP contribution in [0.1, 0.15) is 17.9 Å². The van der Waals surface area contributed by atoms with Crippen LogP contribution >= 0.6 is 0 Å². The Kier molecular flexibility index (Phi) is 3.60. The van der Waals surface area contributed by atoms with Crippen molar-refractivity contribution in [3.8, 4) is 5.75 Å². The largest absolute Gasteiger partial charge is 0.497 e. The van der Waals surface area contributed by atoms with Crippen LogP contribution in [0.25, 0.3) is 0 Å². The van der Waals surface area contributed by atoms with E-state index in [0.29, 0.717) is 0 Å². The Morgan fingerprint density at radius 3 is 2.43 bits per heavy atom. The number of carbonyl (C=O) groups excluding carboxylic acids is 1. The van der Waals surface area contributed by atoms with Crippen molar-refractivity contribution < 1.29 is 13.9 Å². The molecular formula is C17H16FNO2. The van der Waals surface area contributed by atoms with Crippen LogP contribution in [0.4, 0.5) is 10.1 Å². The molecule has 0 spiro atoms. The summed E-state index contributed by atoms with van der Waals surface area (Å²) in [5, 5.41) is 2.90. The van der Waals surface area contributed by atoms with Crippen LogP contribution in [-0.4, -0.2) is 13.0 Å². The lowest BCUT2D eigenvalue weighted by Gasteiger charge is -2.06. The smallest absolute Gasteiger partial charge is 0.228 e. The molecule has 0 aromatic heterocycles. The molecule has 1 N–H and O–H groups in total. The Bertz CT molecular complexity index is 637. The van der Waals surface area contributed by atoms with Gasteiger partial charge in [-0.25, -0.2) is 4.39 Å². The molecule has 0 saturated heterocycles. The number of ether oxygens (including phenoxy) is 1. The quantitative estimate of drug-likeness (QED) is 0.932. The maximum atomic E-state index is 12.9. The van der Waals surface area contributed by atoms with Crippen LogP contribution in [0.5, 0.6) is 5.75 Å². The first kappa shape index (κ1) is 13.6. The van der Waals surface area contributed by atoms with Gasteiger partial charge < -0.3 is 10.1 Å². The number of nitrogens with one attached hydrogen (secondary N) is 1. The second kappa shape index (κ2) is 5.56. The minimum Gasteiger partial charge on any atom is -0.497 e. The molecule has 0 bridgehead atoms. The normalized spacial score (nSPS) is 19.9. The predicted molar refractivity (Wildman–Crippen MR) is 78.9 cm³/mol. The zero-order chi connectivity index (χ0) is 14.8. The van der Waals surface area contributed by atoms with Gasteiger partial charge in [0, 0.05) is 11.6 Å². The topological polar surface area (TPSA) is 38.3 Å². The van der Waals surface area contributed by atoms with Crippen molar-refractivity contribution in [2.75, 3.05) is 12.4 Å². The summed E-state index contributed by atoms with van der Waals surface area (Å²) in [6, 6.07) is 13.6. The van der Waals surface area contributed by atoms with E-state index in [-0.39, 0.29) is 23.6 Å². The molecule has 1 amide bonds. The van der Waals surface area contributed by atoms with Crippen LogP contribution in [-0.2, 0) is 4.79 Å². The van der Waals surface area contributed by atoms with Crippen LogP contribution in [0.3, 0.4) is 0 Å². The number of amides is 1. The molecule has 0 aliphatic heterocycles. The molecule has 2 aromatic rings. The van der Waals surface area contributed by atoms with Gasteiger partial charge >= 0.3 is 0 Å². The molecule has 108 valence electrons. The van der Waals surface area contributed by atoms with Crippen molar-refractivity contribution in [3.05, 3.63) is 59.9 Å². The second-order valence-corrected chi connectivity index (χ2v) is 5.22. The highest BCUT2D eigenvalue weighted by Crippen LogP contribution is 2.47. The first-order valence-corrected chi connectivity index (χ1v) is 6.88. The molecule has 1 fully saturated rings. The van der Waals surface area contributed by atoms with E-state index in [2.05, 4.69) is 5.32 Å². The van der Waals surface area contributed by atoms with Gasteiger partial charge in [-0.05, 0) is 54.3 Å². The van der Waals surface area contributed by atoms with Crippen LogP contribution in [0.2, 0.25) is 0 Å². The molecule has 1 aliphatic rings. The van der Waals surface area contributed by atoms with E-state index < -0.39 is 0 Å². The summed E-state index contributed by atoms with van der Waals surface area (Å²) < 4.78 is 18.0. The fourth-order valence-corrected chi connectivity index (χ4v) is 2.47. The third-order valence-corrected chi connectivity index (χ3v) is 3.78. The van der Waals surface area contributed by atoms with Gasteiger partial charge in [0.05, 0.1) is 7.11 Å². The molecule has 4 heteroatoms. The Labute approximate surface area is 122 Å². The fraction of sp³-hybridized carbons (Fsp3) is 0.235. The Morgan fingerprint density at radius 2 is 1.81 bits per heavy atom. The number of hydrogen-bond donors (Lipinski definition) is 1. The molecule has 21 heavy (non-hydrogen) atoms. The first-order chi connectivity index (χ1) is 10.2. The number of rotatable bonds is 4. The molecule has 1 saturated carbocycles. The van der Waals surface area contributed by atoms with E-state index >= 15 is 0 Å². The summed E-state index contributed by atoms with van der Waals surface area (Å²) in [5.41, 5.74) is 1.77. The van der Waals surface area contributed by atoms with E-state index in [1.807, 2.05) is 12.1 Å². The average Bonchev–Trinajstić information content (AvgIpc) is 3.29. The highest BCUT2D eigenvalue weighted by Gasteiger charge is 2.43. The molecule has 0 radical (unpaired) electrons. The summed E-state index contributed by atoms with van der Waals surface area (Å²) >= 11 is 0. The minimum atomic E-state index is -0.251. The van der Waals surface area contributed by atoms with E-state index in [1.165, 1.54) is 12.1 Å². The third-order valence-electron chi connectivity index (χ3n) is 3.78. The molecular weight excluding hydrogens is 269 g/mol. The van der Waals surface area contributed by atoms with Gasteiger partial charge in [-0.15, -0.1) is 0 Å². The van der Waals surface area contributed by atoms with E-state index in [4.69, 9.17) is 4.74 Å². The number of carbonyl (C=O) groups is 1. The van der Waals surface area contributed by atoms with Crippen molar-refractivity contribution in [2.24, 2.45) is 5.92 Å².